The summed E-state index contributed by atoms with van der Waals surface area (Å²) in [5.41, 5.74) is 2.28. The topological polar surface area (TPSA) is 64.5 Å². The van der Waals surface area contributed by atoms with Crippen LogP contribution in [0.2, 0.25) is 5.02 Å². The van der Waals surface area contributed by atoms with E-state index < -0.39 is 0 Å². The van der Waals surface area contributed by atoms with Crippen LogP contribution in [-0.4, -0.2) is 59.0 Å². The fourth-order valence-corrected chi connectivity index (χ4v) is 3.67. The lowest BCUT2D eigenvalue weighted by Crippen LogP contribution is -2.57. The van der Waals surface area contributed by atoms with E-state index in [1.807, 2.05) is 6.07 Å². The number of phenolic OH excluding ortho intramolecular Hbond substituents is 1. The molecule has 6 nitrogen and oxygen atoms in total. The number of piperazine rings is 1. The molecule has 2 aliphatic rings. The second-order valence-corrected chi connectivity index (χ2v) is 6.63. The molecule has 1 aromatic heterocycles. The predicted molar refractivity (Wildman–Crippen MR) is 95.9 cm³/mol. The van der Waals surface area contributed by atoms with Gasteiger partial charge < -0.3 is 15.3 Å². The maximum Gasteiger partial charge on any atom is 0.172 e. The van der Waals surface area contributed by atoms with Gasteiger partial charge in [-0.15, -0.1) is 10.2 Å². The number of aromatic nitrogens is 2. The third kappa shape index (κ3) is 2.56. The SMILES string of the molecule is CCN1CCN2c3cc(-c4cccc(Cl)c4O)nnc3NC[C@H]2C1. The minimum absolute atomic E-state index is 0.0459. The van der Waals surface area contributed by atoms with Crippen molar-refractivity contribution in [3.8, 4) is 17.0 Å². The summed E-state index contributed by atoms with van der Waals surface area (Å²) < 4.78 is 0. The molecule has 0 aliphatic carbocycles. The molecule has 126 valence electrons. The summed E-state index contributed by atoms with van der Waals surface area (Å²) in [6.07, 6.45) is 0. The highest BCUT2D eigenvalue weighted by Crippen LogP contribution is 2.38. The first-order valence-electron chi connectivity index (χ1n) is 8.26. The Kier molecular flexibility index (Phi) is 3.94. The molecule has 1 fully saturated rings. The van der Waals surface area contributed by atoms with E-state index in [2.05, 4.69) is 32.2 Å². The smallest absolute Gasteiger partial charge is 0.172 e. The zero-order chi connectivity index (χ0) is 16.7. The number of hydrogen-bond donors (Lipinski definition) is 2. The van der Waals surface area contributed by atoms with E-state index in [-0.39, 0.29) is 5.75 Å². The number of rotatable bonds is 2. The monoisotopic (exact) mass is 345 g/mol. The van der Waals surface area contributed by atoms with E-state index in [1.165, 1.54) is 0 Å². The Morgan fingerprint density at radius 2 is 2.21 bits per heavy atom. The van der Waals surface area contributed by atoms with Gasteiger partial charge in [-0.3, -0.25) is 4.90 Å². The van der Waals surface area contributed by atoms with Crippen molar-refractivity contribution in [2.24, 2.45) is 0 Å². The molecule has 0 unspecified atom stereocenters. The molecule has 2 aromatic rings. The first-order valence-corrected chi connectivity index (χ1v) is 8.63. The Morgan fingerprint density at radius 3 is 3.04 bits per heavy atom. The van der Waals surface area contributed by atoms with Crippen molar-refractivity contribution >= 4 is 23.1 Å². The van der Waals surface area contributed by atoms with Gasteiger partial charge in [0.05, 0.1) is 22.4 Å². The van der Waals surface area contributed by atoms with Crippen LogP contribution in [0, 0.1) is 0 Å². The molecule has 0 radical (unpaired) electrons. The summed E-state index contributed by atoms with van der Waals surface area (Å²) >= 11 is 6.02. The molecular formula is C17H20ClN5O. The van der Waals surface area contributed by atoms with Gasteiger partial charge in [-0.2, -0.15) is 0 Å². The zero-order valence-corrected chi connectivity index (χ0v) is 14.3. The number of hydrogen-bond acceptors (Lipinski definition) is 6. The average Bonchev–Trinajstić information content (AvgIpc) is 2.63. The molecule has 24 heavy (non-hydrogen) atoms. The molecule has 0 bridgehead atoms. The summed E-state index contributed by atoms with van der Waals surface area (Å²) in [4.78, 5) is 4.87. The summed E-state index contributed by atoms with van der Waals surface area (Å²) in [5.74, 6) is 0.853. The van der Waals surface area contributed by atoms with Crippen LogP contribution in [0.15, 0.2) is 24.3 Å². The van der Waals surface area contributed by atoms with Crippen molar-refractivity contribution in [2.75, 3.05) is 42.9 Å². The van der Waals surface area contributed by atoms with Gasteiger partial charge in [0.2, 0.25) is 0 Å². The Bertz CT molecular complexity index is 769. The highest BCUT2D eigenvalue weighted by atomic mass is 35.5. The van der Waals surface area contributed by atoms with E-state index >= 15 is 0 Å². The van der Waals surface area contributed by atoms with E-state index in [1.54, 1.807) is 18.2 Å². The van der Waals surface area contributed by atoms with E-state index in [0.717, 1.165) is 44.2 Å². The summed E-state index contributed by atoms with van der Waals surface area (Å²) in [7, 11) is 0. The number of nitrogens with zero attached hydrogens (tertiary/aromatic N) is 4. The van der Waals surface area contributed by atoms with Crippen molar-refractivity contribution in [2.45, 2.75) is 13.0 Å². The molecule has 2 N–H and O–H groups in total. The number of benzene rings is 1. The second-order valence-electron chi connectivity index (χ2n) is 6.22. The van der Waals surface area contributed by atoms with E-state index in [0.29, 0.717) is 22.3 Å². The van der Waals surface area contributed by atoms with Gasteiger partial charge in [0, 0.05) is 31.7 Å². The van der Waals surface area contributed by atoms with Gasteiger partial charge in [0.1, 0.15) is 5.75 Å². The first kappa shape index (κ1) is 15.5. The van der Waals surface area contributed by atoms with Crippen LogP contribution in [0.5, 0.6) is 5.75 Å². The summed E-state index contributed by atoms with van der Waals surface area (Å²) in [6, 6.07) is 7.69. The van der Waals surface area contributed by atoms with Crippen LogP contribution >= 0.6 is 11.6 Å². The number of halogens is 1. The fourth-order valence-electron chi connectivity index (χ4n) is 3.49. The van der Waals surface area contributed by atoms with Crippen LogP contribution in [0.25, 0.3) is 11.3 Å². The van der Waals surface area contributed by atoms with Crippen molar-refractivity contribution in [1.82, 2.24) is 15.1 Å². The number of phenols is 1. The number of fused-ring (bicyclic) bond motifs is 3. The molecule has 0 saturated carbocycles. The molecular weight excluding hydrogens is 326 g/mol. The number of para-hydroxylation sites is 1. The molecule has 7 heteroatoms. The van der Waals surface area contributed by atoms with E-state index in [4.69, 9.17) is 11.6 Å². The van der Waals surface area contributed by atoms with Crippen molar-refractivity contribution in [3.63, 3.8) is 0 Å². The third-order valence-electron chi connectivity index (χ3n) is 4.87. The standard InChI is InChI=1S/C17H20ClN5O/c1-2-22-6-7-23-11(10-22)9-19-17-15(23)8-14(20-21-17)12-4-3-5-13(18)16(12)24/h3-5,8,11,24H,2,6-7,9-10H2,1H3,(H,19,21)/t11-/m0/s1. The lowest BCUT2D eigenvalue weighted by Gasteiger charge is -2.45. The van der Waals surface area contributed by atoms with E-state index in [9.17, 15) is 5.11 Å². The van der Waals surface area contributed by atoms with Crippen molar-refractivity contribution in [3.05, 3.63) is 29.3 Å². The maximum atomic E-state index is 10.2. The maximum absolute atomic E-state index is 10.2. The van der Waals surface area contributed by atoms with Gasteiger partial charge in [-0.05, 0) is 24.7 Å². The third-order valence-corrected chi connectivity index (χ3v) is 5.17. The molecule has 0 spiro atoms. The van der Waals surface area contributed by atoms with Crippen LogP contribution in [-0.2, 0) is 0 Å². The Balaban J connectivity index is 1.72. The molecule has 2 aliphatic heterocycles. The lowest BCUT2D eigenvalue weighted by atomic mass is 10.1. The average molecular weight is 346 g/mol. The highest BCUT2D eigenvalue weighted by molar-refractivity contribution is 6.32. The Labute approximate surface area is 146 Å². The highest BCUT2D eigenvalue weighted by Gasteiger charge is 2.32. The van der Waals surface area contributed by atoms with Gasteiger partial charge in [0.15, 0.2) is 5.82 Å². The van der Waals surface area contributed by atoms with Crippen molar-refractivity contribution < 1.29 is 5.11 Å². The molecule has 4 rings (SSSR count). The van der Waals surface area contributed by atoms with Crippen LogP contribution in [0.4, 0.5) is 11.5 Å². The summed E-state index contributed by atoms with van der Waals surface area (Å²) in [6.45, 7) is 7.22. The number of aromatic hydroxyl groups is 1. The Morgan fingerprint density at radius 1 is 1.33 bits per heavy atom. The minimum Gasteiger partial charge on any atom is -0.506 e. The van der Waals surface area contributed by atoms with Crippen molar-refractivity contribution in [1.29, 1.82) is 0 Å². The van der Waals surface area contributed by atoms with Gasteiger partial charge in [-0.1, -0.05) is 24.6 Å². The normalized spacial score (nSPS) is 20.2. The zero-order valence-electron chi connectivity index (χ0n) is 13.5. The Hall–Kier alpha value is -2.05. The van der Waals surface area contributed by atoms with Crippen LogP contribution in [0.3, 0.4) is 0 Å². The molecule has 3 heterocycles. The molecule has 1 aromatic carbocycles. The van der Waals surface area contributed by atoms with Gasteiger partial charge >= 0.3 is 0 Å². The number of nitrogens with one attached hydrogen (secondary N) is 1. The lowest BCUT2D eigenvalue weighted by molar-refractivity contribution is 0.235. The molecule has 1 atom stereocenters. The quantitative estimate of drug-likeness (QED) is 0.871. The van der Waals surface area contributed by atoms with Gasteiger partial charge in [0.25, 0.3) is 0 Å². The van der Waals surface area contributed by atoms with Gasteiger partial charge in [-0.25, -0.2) is 0 Å². The number of anilines is 2. The van der Waals surface area contributed by atoms with Crippen LogP contribution < -0.4 is 10.2 Å². The predicted octanol–water partition coefficient (Wildman–Crippen LogP) is 2.44. The first-order chi connectivity index (χ1) is 11.7. The second kappa shape index (κ2) is 6.11. The van der Waals surface area contributed by atoms with Crippen LogP contribution in [0.1, 0.15) is 6.92 Å². The number of likely N-dealkylation sites (N-methyl/N-ethyl adjacent to an activating group) is 1. The molecule has 0 amide bonds. The largest absolute Gasteiger partial charge is 0.506 e. The minimum atomic E-state index is 0.0459. The fraction of sp³-hybridized carbons (Fsp3) is 0.412. The molecule has 1 saturated heterocycles. The summed E-state index contributed by atoms with van der Waals surface area (Å²) in [5, 5.41) is 22.5.